The Morgan fingerprint density at radius 1 is 0.881 bits per heavy atom. The van der Waals surface area contributed by atoms with Gasteiger partial charge in [0, 0.05) is 50.3 Å². The molecule has 5 aromatic rings. The van der Waals surface area contributed by atoms with Gasteiger partial charge in [0.25, 0.3) is 5.91 Å². The fourth-order valence-corrected chi connectivity index (χ4v) is 6.25. The first kappa shape index (κ1) is 28.2. The van der Waals surface area contributed by atoms with Crippen molar-refractivity contribution in [3.8, 4) is 17.1 Å². The van der Waals surface area contributed by atoms with Crippen LogP contribution in [0, 0.1) is 6.92 Å². The van der Waals surface area contributed by atoms with Crippen LogP contribution in [-0.4, -0.2) is 51.4 Å². The molecule has 1 fully saturated rings. The molecule has 6 rings (SSSR count). The number of carbonyl (C=O) groups is 1. The maximum absolute atomic E-state index is 13.9. The lowest BCUT2D eigenvalue weighted by Crippen LogP contribution is -2.48. The predicted octanol–water partition coefficient (Wildman–Crippen LogP) is 7.16. The van der Waals surface area contributed by atoms with E-state index in [-0.39, 0.29) is 5.91 Å². The quantitative estimate of drug-likeness (QED) is 0.181. The van der Waals surface area contributed by atoms with Gasteiger partial charge >= 0.3 is 0 Å². The van der Waals surface area contributed by atoms with Gasteiger partial charge in [0.05, 0.1) is 22.0 Å². The number of nitrogens with zero attached hydrogens (tertiary/aromatic N) is 4. The molecule has 0 saturated carbocycles. The number of hydrogen-bond donors (Lipinski definition) is 0. The molecular weight excluding hydrogens is 564 g/mol. The molecule has 3 aromatic carbocycles. The van der Waals surface area contributed by atoms with Crippen molar-refractivity contribution >= 4 is 28.8 Å². The van der Waals surface area contributed by atoms with Gasteiger partial charge in [-0.1, -0.05) is 84.4 Å². The molecule has 6 nitrogen and oxygen atoms in total. The van der Waals surface area contributed by atoms with Crippen molar-refractivity contribution in [1.82, 2.24) is 19.4 Å². The molecule has 0 spiro atoms. The molecule has 3 heterocycles. The largest absolute Gasteiger partial charge is 0.485 e. The van der Waals surface area contributed by atoms with E-state index in [0.717, 1.165) is 47.3 Å². The third-order valence-electron chi connectivity index (χ3n) is 7.69. The summed E-state index contributed by atoms with van der Waals surface area (Å²) in [6.45, 7) is 7.07. The number of rotatable bonds is 9. The number of piperazine rings is 1. The summed E-state index contributed by atoms with van der Waals surface area (Å²) < 4.78 is 8.15. The maximum atomic E-state index is 13.9. The normalized spacial score (nSPS) is 13.8. The van der Waals surface area contributed by atoms with E-state index in [1.54, 1.807) is 11.3 Å². The Bertz CT molecular complexity index is 1640. The zero-order valence-corrected chi connectivity index (χ0v) is 25.2. The molecule has 2 aromatic heterocycles. The Labute approximate surface area is 255 Å². The van der Waals surface area contributed by atoms with Crippen LogP contribution in [0.4, 0.5) is 0 Å². The van der Waals surface area contributed by atoms with Gasteiger partial charge in [-0.3, -0.25) is 9.69 Å². The van der Waals surface area contributed by atoms with E-state index in [1.807, 2.05) is 71.8 Å². The first-order valence-electron chi connectivity index (χ1n) is 14.2. The van der Waals surface area contributed by atoms with E-state index in [1.165, 1.54) is 11.1 Å². The van der Waals surface area contributed by atoms with Gasteiger partial charge in [0.2, 0.25) is 0 Å². The molecule has 0 bridgehead atoms. The van der Waals surface area contributed by atoms with Gasteiger partial charge in [-0.25, -0.2) is 4.98 Å². The number of halogens is 1. The summed E-state index contributed by atoms with van der Waals surface area (Å²) in [5.74, 6) is 0.716. The zero-order valence-electron chi connectivity index (χ0n) is 23.6. The molecule has 1 aliphatic rings. The van der Waals surface area contributed by atoms with Crippen molar-refractivity contribution in [3.63, 3.8) is 0 Å². The molecule has 0 N–H and O–H groups in total. The SMILES string of the molecule is Cc1c(C(=O)N2CCN(Cc3ccccc3)CC2)cc(-c2csc(COc3ccccc3Cl)n2)n1Cc1ccccc1. The fourth-order valence-electron chi connectivity index (χ4n) is 5.36. The summed E-state index contributed by atoms with van der Waals surface area (Å²) in [4.78, 5) is 23.2. The fraction of sp³-hybridized carbons (Fsp3) is 0.235. The first-order chi connectivity index (χ1) is 20.5. The average molecular weight is 597 g/mol. The molecule has 1 saturated heterocycles. The van der Waals surface area contributed by atoms with Crippen molar-refractivity contribution in [2.45, 2.75) is 26.6 Å². The number of ether oxygens (including phenoxy) is 1. The third kappa shape index (κ3) is 6.44. The van der Waals surface area contributed by atoms with Gasteiger partial charge in [0.1, 0.15) is 17.4 Å². The molecule has 8 heteroatoms. The van der Waals surface area contributed by atoms with Crippen LogP contribution in [0.5, 0.6) is 5.75 Å². The van der Waals surface area contributed by atoms with Gasteiger partial charge in [-0.05, 0) is 36.2 Å². The summed E-state index contributed by atoms with van der Waals surface area (Å²) in [7, 11) is 0. The Morgan fingerprint density at radius 3 is 2.21 bits per heavy atom. The van der Waals surface area contributed by atoms with Crippen LogP contribution >= 0.6 is 22.9 Å². The Morgan fingerprint density at radius 2 is 1.52 bits per heavy atom. The minimum atomic E-state index is 0.0810. The highest BCUT2D eigenvalue weighted by Crippen LogP contribution is 2.31. The molecular formula is C34H33ClN4O2S. The smallest absolute Gasteiger partial charge is 0.255 e. The van der Waals surface area contributed by atoms with Crippen molar-refractivity contribution in [2.75, 3.05) is 26.2 Å². The first-order valence-corrected chi connectivity index (χ1v) is 15.4. The van der Waals surface area contributed by atoms with Gasteiger partial charge < -0.3 is 14.2 Å². The second kappa shape index (κ2) is 12.9. The summed E-state index contributed by atoms with van der Waals surface area (Å²) in [5, 5.41) is 3.46. The predicted molar refractivity (Wildman–Crippen MR) is 169 cm³/mol. The van der Waals surface area contributed by atoms with E-state index in [9.17, 15) is 4.79 Å². The lowest BCUT2D eigenvalue weighted by Gasteiger charge is -2.34. The standard InChI is InChI=1S/C34H33ClN4O2S/c1-25-28(34(40)38-18-16-37(17-19-38)21-26-10-4-2-5-11-26)20-31(39(25)22-27-12-6-3-7-13-27)30-24-42-33(36-30)23-41-32-15-9-8-14-29(32)35/h2-15,20,24H,16-19,21-23H2,1H3. The monoisotopic (exact) mass is 596 g/mol. The average Bonchev–Trinajstić information content (AvgIpc) is 3.62. The van der Waals surface area contributed by atoms with E-state index >= 15 is 0 Å². The van der Waals surface area contributed by atoms with Crippen LogP contribution < -0.4 is 4.74 Å². The highest BCUT2D eigenvalue weighted by Gasteiger charge is 2.27. The number of hydrogen-bond acceptors (Lipinski definition) is 5. The molecule has 214 valence electrons. The van der Waals surface area contributed by atoms with E-state index in [0.29, 0.717) is 37.0 Å². The molecule has 0 radical (unpaired) electrons. The summed E-state index contributed by atoms with van der Waals surface area (Å²) in [6.07, 6.45) is 0. The van der Waals surface area contributed by atoms with Gasteiger partial charge in [0.15, 0.2) is 0 Å². The molecule has 0 aliphatic carbocycles. The van der Waals surface area contributed by atoms with E-state index < -0.39 is 0 Å². The highest BCUT2D eigenvalue weighted by atomic mass is 35.5. The second-order valence-corrected chi connectivity index (χ2v) is 11.8. The zero-order chi connectivity index (χ0) is 28.9. The van der Waals surface area contributed by atoms with Crippen molar-refractivity contribution < 1.29 is 9.53 Å². The van der Waals surface area contributed by atoms with Crippen LogP contribution in [0.15, 0.2) is 96.4 Å². The maximum Gasteiger partial charge on any atom is 0.255 e. The number of para-hydroxylation sites is 1. The lowest BCUT2D eigenvalue weighted by molar-refractivity contribution is 0.0627. The van der Waals surface area contributed by atoms with Gasteiger partial charge in [-0.2, -0.15) is 0 Å². The summed E-state index contributed by atoms with van der Waals surface area (Å²) >= 11 is 7.81. The Balaban J connectivity index is 1.21. The number of thiazole rings is 1. The molecule has 1 aliphatic heterocycles. The molecule has 0 atom stereocenters. The van der Waals surface area contributed by atoms with Crippen molar-refractivity contribution in [3.05, 3.63) is 129 Å². The summed E-state index contributed by atoms with van der Waals surface area (Å²) in [6, 6.07) is 30.3. The highest BCUT2D eigenvalue weighted by molar-refractivity contribution is 7.09. The lowest BCUT2D eigenvalue weighted by atomic mass is 10.1. The van der Waals surface area contributed by atoms with Crippen LogP contribution in [0.3, 0.4) is 0 Å². The van der Waals surface area contributed by atoms with E-state index in [2.05, 4.69) is 45.9 Å². The second-order valence-electron chi connectivity index (χ2n) is 10.5. The number of carbonyl (C=O) groups excluding carboxylic acids is 1. The van der Waals surface area contributed by atoms with Crippen molar-refractivity contribution in [1.29, 1.82) is 0 Å². The number of amides is 1. The number of aromatic nitrogens is 2. The Hall–Kier alpha value is -3.91. The van der Waals surface area contributed by atoms with Gasteiger partial charge in [-0.15, -0.1) is 11.3 Å². The molecule has 1 amide bonds. The van der Waals surface area contributed by atoms with Crippen LogP contribution in [0.2, 0.25) is 5.02 Å². The van der Waals surface area contributed by atoms with Crippen LogP contribution in [0.25, 0.3) is 11.4 Å². The van der Waals surface area contributed by atoms with Crippen LogP contribution in [0.1, 0.15) is 32.2 Å². The topological polar surface area (TPSA) is 50.6 Å². The minimum absolute atomic E-state index is 0.0810. The molecule has 0 unspecified atom stereocenters. The minimum Gasteiger partial charge on any atom is -0.485 e. The van der Waals surface area contributed by atoms with Crippen molar-refractivity contribution in [2.24, 2.45) is 0 Å². The van der Waals surface area contributed by atoms with E-state index in [4.69, 9.17) is 21.3 Å². The molecule has 42 heavy (non-hydrogen) atoms. The summed E-state index contributed by atoms with van der Waals surface area (Å²) in [5.41, 5.74) is 5.93. The van der Waals surface area contributed by atoms with Crippen LogP contribution in [-0.2, 0) is 19.7 Å². The number of benzene rings is 3. The third-order valence-corrected chi connectivity index (χ3v) is 8.83. The Kier molecular flexibility index (Phi) is 8.70.